The minimum absolute atomic E-state index is 0.138. The summed E-state index contributed by atoms with van der Waals surface area (Å²) in [6, 6.07) is 15.0. The summed E-state index contributed by atoms with van der Waals surface area (Å²) >= 11 is 3.58. The number of hydrogen-bond donors (Lipinski definition) is 0. The van der Waals surface area contributed by atoms with Crippen LogP contribution in [-0.4, -0.2) is 5.78 Å². The third-order valence-electron chi connectivity index (χ3n) is 5.46. The fraction of sp³-hybridized carbons (Fsp3) is 0.375. The third-order valence-corrected chi connectivity index (χ3v) is 8.03. The molecule has 0 fully saturated rings. The highest BCUT2D eigenvalue weighted by Crippen LogP contribution is 2.57. The van der Waals surface area contributed by atoms with Crippen LogP contribution in [0.1, 0.15) is 74.4 Å². The van der Waals surface area contributed by atoms with E-state index in [1.54, 1.807) is 23.5 Å². The zero-order valence-corrected chi connectivity index (χ0v) is 18.1. The lowest BCUT2D eigenvalue weighted by molar-refractivity contribution is 0.103. The summed E-state index contributed by atoms with van der Waals surface area (Å²) in [5, 5.41) is 0. The fourth-order valence-corrected chi connectivity index (χ4v) is 6.57. The molecule has 1 aliphatic carbocycles. The fourth-order valence-electron chi connectivity index (χ4n) is 3.88. The molecule has 3 heteroatoms. The van der Waals surface area contributed by atoms with Crippen molar-refractivity contribution in [3.63, 3.8) is 0 Å². The average molecular weight is 395 g/mol. The van der Waals surface area contributed by atoms with Crippen LogP contribution in [0.25, 0.3) is 0 Å². The van der Waals surface area contributed by atoms with Crippen LogP contribution >= 0.6 is 23.5 Å². The number of allylic oxidation sites excluding steroid dienone is 1. The monoisotopic (exact) mass is 394 g/mol. The average Bonchev–Trinajstić information content (AvgIpc) is 3.17. The number of benzene rings is 2. The molecule has 1 atom stereocenters. The zero-order chi connectivity index (χ0) is 19.2. The number of rotatable bonds is 3. The molecule has 0 spiro atoms. The van der Waals surface area contributed by atoms with Crippen LogP contribution in [0.4, 0.5) is 0 Å². The molecule has 0 N–H and O–H groups in total. The van der Waals surface area contributed by atoms with Crippen LogP contribution in [0.5, 0.6) is 0 Å². The van der Waals surface area contributed by atoms with Crippen LogP contribution in [-0.2, 0) is 5.41 Å². The van der Waals surface area contributed by atoms with Crippen LogP contribution in [0.2, 0.25) is 0 Å². The van der Waals surface area contributed by atoms with Gasteiger partial charge in [-0.3, -0.25) is 4.79 Å². The van der Waals surface area contributed by atoms with Crippen LogP contribution in [0, 0.1) is 0 Å². The van der Waals surface area contributed by atoms with Gasteiger partial charge in [0.25, 0.3) is 0 Å². The molecule has 1 heterocycles. The largest absolute Gasteiger partial charge is 0.289 e. The second-order valence-corrected chi connectivity index (χ2v) is 10.8. The van der Waals surface area contributed by atoms with Gasteiger partial charge < -0.3 is 0 Å². The number of fused-ring (bicyclic) bond motifs is 2. The topological polar surface area (TPSA) is 17.1 Å². The predicted octanol–water partition coefficient (Wildman–Crippen LogP) is 7.56. The second kappa shape index (κ2) is 7.18. The van der Waals surface area contributed by atoms with E-state index in [1.807, 2.05) is 12.1 Å². The summed E-state index contributed by atoms with van der Waals surface area (Å²) < 4.78 is 1.19. The van der Waals surface area contributed by atoms with Crippen molar-refractivity contribution < 1.29 is 4.79 Å². The van der Waals surface area contributed by atoms with Gasteiger partial charge in [-0.25, -0.2) is 0 Å². The highest BCUT2D eigenvalue weighted by atomic mass is 32.2. The van der Waals surface area contributed by atoms with Crippen molar-refractivity contribution in [1.29, 1.82) is 0 Å². The lowest BCUT2D eigenvalue weighted by Gasteiger charge is -2.19. The third kappa shape index (κ3) is 3.40. The van der Waals surface area contributed by atoms with E-state index in [0.29, 0.717) is 0 Å². The van der Waals surface area contributed by atoms with Gasteiger partial charge in [0.2, 0.25) is 0 Å². The van der Waals surface area contributed by atoms with Crippen molar-refractivity contribution in [2.75, 3.05) is 0 Å². The molecule has 1 aliphatic heterocycles. The molecule has 0 radical (unpaired) electrons. The SMILES string of the molecule is CCCCC1/C(=C2\Sc3ccc(C(C)(C)C)cc3S2)C(=O)c2ccccc21. The Hall–Kier alpha value is -1.45. The van der Waals surface area contributed by atoms with Gasteiger partial charge in [0.15, 0.2) is 5.78 Å². The van der Waals surface area contributed by atoms with Gasteiger partial charge in [-0.2, -0.15) is 0 Å². The maximum absolute atomic E-state index is 13.3. The van der Waals surface area contributed by atoms with Crippen molar-refractivity contribution >= 4 is 29.3 Å². The summed E-state index contributed by atoms with van der Waals surface area (Å²) in [4.78, 5) is 15.8. The summed E-state index contributed by atoms with van der Waals surface area (Å²) in [5.74, 6) is 0.491. The first-order valence-electron chi connectivity index (χ1n) is 9.78. The van der Waals surface area contributed by atoms with Crippen molar-refractivity contribution in [3.8, 4) is 0 Å². The molecule has 2 aromatic carbocycles. The van der Waals surface area contributed by atoms with Crippen LogP contribution < -0.4 is 0 Å². The van der Waals surface area contributed by atoms with Gasteiger partial charge in [-0.1, -0.05) is 94.4 Å². The maximum atomic E-state index is 13.3. The summed E-state index contributed by atoms with van der Waals surface area (Å²) in [7, 11) is 0. The van der Waals surface area contributed by atoms with Crippen molar-refractivity contribution in [1.82, 2.24) is 0 Å². The molecule has 1 nitrogen and oxygen atoms in total. The number of carbonyl (C=O) groups excluding carboxylic acids is 1. The molecule has 4 rings (SSSR count). The Labute approximate surface area is 171 Å². The Morgan fingerprint density at radius 1 is 1.00 bits per heavy atom. The predicted molar refractivity (Wildman–Crippen MR) is 117 cm³/mol. The standard InChI is InChI=1S/C24H26OS2/c1-5-6-9-17-16-10-7-8-11-18(16)22(25)21(17)23-26-19-13-12-15(24(2,3)4)14-20(19)27-23/h7-8,10-14,17H,5-6,9H2,1-4H3/b23-21-. The minimum atomic E-state index is 0.138. The minimum Gasteiger partial charge on any atom is -0.289 e. The van der Waals surface area contributed by atoms with E-state index in [9.17, 15) is 4.79 Å². The molecule has 0 saturated carbocycles. The molecule has 0 aromatic heterocycles. The summed E-state index contributed by atoms with van der Waals surface area (Å²) in [6.07, 6.45) is 3.37. The van der Waals surface area contributed by atoms with Gasteiger partial charge in [0.1, 0.15) is 0 Å². The highest BCUT2D eigenvalue weighted by molar-refractivity contribution is 8.24. The van der Waals surface area contributed by atoms with Gasteiger partial charge in [-0.05, 0) is 35.1 Å². The molecule has 0 bridgehead atoms. The van der Waals surface area contributed by atoms with Crippen molar-refractivity contribution in [3.05, 3.63) is 69.0 Å². The smallest absolute Gasteiger partial charge is 0.191 e. The van der Waals surface area contributed by atoms with E-state index in [4.69, 9.17) is 0 Å². The number of thioether (sulfide) groups is 2. The molecule has 2 aromatic rings. The van der Waals surface area contributed by atoms with E-state index in [-0.39, 0.29) is 17.1 Å². The van der Waals surface area contributed by atoms with Crippen LogP contribution in [0.3, 0.4) is 0 Å². The first-order chi connectivity index (χ1) is 12.9. The number of ketones is 1. The normalized spacial score (nSPS) is 21.5. The van der Waals surface area contributed by atoms with Gasteiger partial charge in [0.05, 0.1) is 4.24 Å². The number of Topliss-reactive ketones (excluding diaryl/α,β-unsaturated/α-hetero) is 1. The van der Waals surface area contributed by atoms with Gasteiger partial charge in [0, 0.05) is 26.8 Å². The van der Waals surface area contributed by atoms with Gasteiger partial charge in [-0.15, -0.1) is 0 Å². The molecule has 1 unspecified atom stereocenters. The Balaban J connectivity index is 1.74. The maximum Gasteiger partial charge on any atom is 0.191 e. The molecular formula is C24H26OS2. The lowest BCUT2D eigenvalue weighted by atomic mass is 9.87. The number of unbranched alkanes of at least 4 members (excludes halogenated alkanes) is 1. The molecule has 2 aliphatic rings. The molecule has 0 amide bonds. The molecule has 140 valence electrons. The second-order valence-electron chi connectivity index (χ2n) is 8.43. The van der Waals surface area contributed by atoms with Crippen LogP contribution in [0.15, 0.2) is 62.1 Å². The van der Waals surface area contributed by atoms with Crippen molar-refractivity contribution in [2.24, 2.45) is 0 Å². The number of hydrogen-bond acceptors (Lipinski definition) is 3. The van der Waals surface area contributed by atoms with Gasteiger partial charge >= 0.3 is 0 Å². The number of carbonyl (C=O) groups is 1. The Kier molecular flexibility index (Phi) is 5.02. The Bertz CT molecular complexity index is 934. The zero-order valence-electron chi connectivity index (χ0n) is 16.5. The first-order valence-corrected chi connectivity index (χ1v) is 11.4. The molecular weight excluding hydrogens is 368 g/mol. The van der Waals surface area contributed by atoms with E-state index in [2.05, 4.69) is 58.0 Å². The quantitative estimate of drug-likeness (QED) is 0.500. The van der Waals surface area contributed by atoms with E-state index in [1.165, 1.54) is 25.2 Å². The van der Waals surface area contributed by atoms with E-state index in [0.717, 1.165) is 30.4 Å². The molecule has 0 saturated heterocycles. The molecule has 27 heavy (non-hydrogen) atoms. The lowest BCUT2D eigenvalue weighted by Crippen LogP contribution is -2.10. The van der Waals surface area contributed by atoms with Crippen molar-refractivity contribution in [2.45, 2.75) is 68.1 Å². The van der Waals surface area contributed by atoms with E-state index < -0.39 is 0 Å². The first kappa shape index (κ1) is 18.9. The van der Waals surface area contributed by atoms with E-state index >= 15 is 0 Å². The Morgan fingerprint density at radius 2 is 1.74 bits per heavy atom. The Morgan fingerprint density at radius 3 is 2.48 bits per heavy atom. The summed E-state index contributed by atoms with van der Waals surface area (Å²) in [6.45, 7) is 8.97. The highest BCUT2D eigenvalue weighted by Gasteiger charge is 2.38. The summed E-state index contributed by atoms with van der Waals surface area (Å²) in [5.41, 5.74) is 4.66.